The van der Waals surface area contributed by atoms with Crippen molar-refractivity contribution in [3.63, 3.8) is 0 Å². The quantitative estimate of drug-likeness (QED) is 0.847. The average Bonchev–Trinajstić information content (AvgIpc) is 2.92. The van der Waals surface area contributed by atoms with Crippen LogP contribution < -0.4 is 10.2 Å². The summed E-state index contributed by atoms with van der Waals surface area (Å²) in [7, 11) is 3.79. The summed E-state index contributed by atoms with van der Waals surface area (Å²) in [6, 6.07) is 3.31. The molecule has 7 nitrogen and oxygen atoms in total. The molecule has 0 radical (unpaired) electrons. The second-order valence-corrected chi connectivity index (χ2v) is 4.37. The van der Waals surface area contributed by atoms with Crippen LogP contribution in [0.2, 0.25) is 0 Å². The fourth-order valence-electron chi connectivity index (χ4n) is 1.56. The van der Waals surface area contributed by atoms with Crippen LogP contribution in [0.15, 0.2) is 24.7 Å². The molecule has 2 aromatic rings. The van der Waals surface area contributed by atoms with Gasteiger partial charge in [-0.3, -0.25) is 9.89 Å². The van der Waals surface area contributed by atoms with Crippen LogP contribution >= 0.6 is 0 Å². The SMILES string of the molecule is CC(NC(=O)c1ccc(N(C)C)nc1)c1ncn[nH]1. The topological polar surface area (TPSA) is 86.8 Å². The van der Waals surface area contributed by atoms with Gasteiger partial charge in [-0.2, -0.15) is 5.10 Å². The Morgan fingerprint density at radius 2 is 2.16 bits per heavy atom. The molecule has 0 fully saturated rings. The van der Waals surface area contributed by atoms with E-state index in [1.807, 2.05) is 25.9 Å². The van der Waals surface area contributed by atoms with E-state index < -0.39 is 0 Å². The number of carbonyl (C=O) groups is 1. The van der Waals surface area contributed by atoms with Crippen molar-refractivity contribution in [2.75, 3.05) is 19.0 Å². The number of anilines is 1. The van der Waals surface area contributed by atoms with Crippen LogP contribution in [0.4, 0.5) is 5.82 Å². The maximum atomic E-state index is 12.0. The number of nitrogens with zero attached hydrogens (tertiary/aromatic N) is 4. The number of amides is 1. The zero-order valence-corrected chi connectivity index (χ0v) is 11.1. The highest BCUT2D eigenvalue weighted by molar-refractivity contribution is 5.94. The van der Waals surface area contributed by atoms with Crippen molar-refractivity contribution in [3.05, 3.63) is 36.0 Å². The summed E-state index contributed by atoms with van der Waals surface area (Å²) in [6.07, 6.45) is 2.96. The first-order chi connectivity index (χ1) is 9.08. The zero-order chi connectivity index (χ0) is 13.8. The van der Waals surface area contributed by atoms with E-state index in [0.29, 0.717) is 11.4 Å². The second kappa shape index (κ2) is 5.47. The van der Waals surface area contributed by atoms with Crippen molar-refractivity contribution in [1.82, 2.24) is 25.5 Å². The zero-order valence-electron chi connectivity index (χ0n) is 11.1. The van der Waals surface area contributed by atoms with E-state index >= 15 is 0 Å². The van der Waals surface area contributed by atoms with Gasteiger partial charge in [0.15, 0.2) is 0 Å². The van der Waals surface area contributed by atoms with Gasteiger partial charge >= 0.3 is 0 Å². The smallest absolute Gasteiger partial charge is 0.253 e. The Morgan fingerprint density at radius 3 is 2.68 bits per heavy atom. The summed E-state index contributed by atoms with van der Waals surface area (Å²) in [6.45, 7) is 1.83. The highest BCUT2D eigenvalue weighted by Gasteiger charge is 2.13. The molecule has 2 rings (SSSR count). The number of pyridine rings is 1. The third kappa shape index (κ3) is 3.06. The number of hydrogen-bond donors (Lipinski definition) is 2. The summed E-state index contributed by atoms with van der Waals surface area (Å²) >= 11 is 0. The van der Waals surface area contributed by atoms with Crippen molar-refractivity contribution >= 4 is 11.7 Å². The van der Waals surface area contributed by atoms with Crippen LogP contribution in [0.5, 0.6) is 0 Å². The van der Waals surface area contributed by atoms with Crippen molar-refractivity contribution < 1.29 is 4.79 Å². The van der Waals surface area contributed by atoms with Gasteiger partial charge in [-0.1, -0.05) is 0 Å². The molecule has 0 aliphatic rings. The molecule has 0 spiro atoms. The lowest BCUT2D eigenvalue weighted by molar-refractivity contribution is 0.0938. The molecule has 1 unspecified atom stereocenters. The Bertz CT molecular complexity index is 534. The van der Waals surface area contributed by atoms with Crippen molar-refractivity contribution in [2.24, 2.45) is 0 Å². The lowest BCUT2D eigenvalue weighted by atomic mass is 10.2. The summed E-state index contributed by atoms with van der Waals surface area (Å²) in [5.74, 6) is 1.23. The highest BCUT2D eigenvalue weighted by atomic mass is 16.1. The number of aromatic amines is 1. The highest BCUT2D eigenvalue weighted by Crippen LogP contribution is 2.10. The standard InChI is InChI=1S/C12H16N6O/c1-8(11-14-7-15-17-11)16-12(19)9-4-5-10(13-6-9)18(2)3/h4-8H,1-3H3,(H,16,19)(H,14,15,17). The summed E-state index contributed by atoms with van der Waals surface area (Å²) < 4.78 is 0. The fraction of sp³-hybridized carbons (Fsp3) is 0.333. The molecular weight excluding hydrogens is 244 g/mol. The van der Waals surface area contributed by atoms with Crippen LogP contribution in [0, 0.1) is 0 Å². The molecule has 0 bridgehead atoms. The minimum atomic E-state index is -0.233. The van der Waals surface area contributed by atoms with Gasteiger partial charge in [0.05, 0.1) is 11.6 Å². The Kier molecular flexibility index (Phi) is 3.74. The van der Waals surface area contributed by atoms with Gasteiger partial charge in [-0.05, 0) is 19.1 Å². The van der Waals surface area contributed by atoms with Gasteiger partial charge in [-0.25, -0.2) is 9.97 Å². The fourth-order valence-corrected chi connectivity index (χ4v) is 1.56. The van der Waals surface area contributed by atoms with Gasteiger partial charge in [0.2, 0.25) is 0 Å². The maximum Gasteiger partial charge on any atom is 0.253 e. The Hall–Kier alpha value is -2.44. The van der Waals surface area contributed by atoms with Crippen molar-refractivity contribution in [3.8, 4) is 0 Å². The average molecular weight is 260 g/mol. The van der Waals surface area contributed by atoms with Gasteiger partial charge in [0.1, 0.15) is 18.0 Å². The van der Waals surface area contributed by atoms with Crippen LogP contribution in [-0.2, 0) is 0 Å². The van der Waals surface area contributed by atoms with Crippen molar-refractivity contribution in [1.29, 1.82) is 0 Å². The number of aromatic nitrogens is 4. The van der Waals surface area contributed by atoms with Gasteiger partial charge in [0, 0.05) is 20.3 Å². The number of rotatable bonds is 4. The molecule has 2 aromatic heterocycles. The predicted octanol–water partition coefficient (Wildman–Crippen LogP) is 0.757. The normalized spacial score (nSPS) is 11.9. The molecule has 2 heterocycles. The Balaban J connectivity index is 2.03. The number of hydrogen-bond acceptors (Lipinski definition) is 5. The van der Waals surface area contributed by atoms with E-state index in [-0.39, 0.29) is 11.9 Å². The lowest BCUT2D eigenvalue weighted by Gasteiger charge is -2.13. The number of carbonyl (C=O) groups excluding carboxylic acids is 1. The van der Waals surface area contributed by atoms with E-state index in [4.69, 9.17) is 0 Å². The molecule has 2 N–H and O–H groups in total. The largest absolute Gasteiger partial charge is 0.363 e. The van der Waals surface area contributed by atoms with Gasteiger partial charge in [-0.15, -0.1) is 0 Å². The molecule has 0 saturated carbocycles. The maximum absolute atomic E-state index is 12.0. The molecule has 0 aliphatic carbocycles. The second-order valence-electron chi connectivity index (χ2n) is 4.37. The summed E-state index contributed by atoms with van der Waals surface area (Å²) in [5.41, 5.74) is 0.511. The van der Waals surface area contributed by atoms with Crippen LogP contribution in [0.25, 0.3) is 0 Å². The lowest BCUT2D eigenvalue weighted by Crippen LogP contribution is -2.27. The Labute approximate surface area is 111 Å². The number of H-pyrrole nitrogens is 1. The summed E-state index contributed by atoms with van der Waals surface area (Å²) in [4.78, 5) is 22.1. The molecule has 100 valence electrons. The molecule has 19 heavy (non-hydrogen) atoms. The van der Waals surface area contributed by atoms with Crippen molar-refractivity contribution in [2.45, 2.75) is 13.0 Å². The van der Waals surface area contributed by atoms with Crippen LogP contribution in [-0.4, -0.2) is 40.2 Å². The van der Waals surface area contributed by atoms with Gasteiger partial charge in [0.25, 0.3) is 5.91 Å². The number of nitrogens with one attached hydrogen (secondary N) is 2. The van der Waals surface area contributed by atoms with Gasteiger partial charge < -0.3 is 10.2 Å². The first kappa shape index (κ1) is 13.0. The molecule has 7 heteroatoms. The molecule has 1 amide bonds. The monoisotopic (exact) mass is 260 g/mol. The third-order valence-corrected chi connectivity index (χ3v) is 2.66. The van der Waals surface area contributed by atoms with E-state index in [1.54, 1.807) is 18.3 Å². The minimum absolute atomic E-state index is 0.193. The van der Waals surface area contributed by atoms with Crippen LogP contribution in [0.1, 0.15) is 29.1 Å². The first-order valence-corrected chi connectivity index (χ1v) is 5.87. The third-order valence-electron chi connectivity index (χ3n) is 2.66. The van der Waals surface area contributed by atoms with E-state index in [0.717, 1.165) is 5.82 Å². The van der Waals surface area contributed by atoms with E-state index in [1.165, 1.54) is 6.33 Å². The van der Waals surface area contributed by atoms with E-state index in [2.05, 4.69) is 25.5 Å². The minimum Gasteiger partial charge on any atom is -0.363 e. The predicted molar refractivity (Wildman–Crippen MR) is 70.8 cm³/mol. The molecule has 0 saturated heterocycles. The van der Waals surface area contributed by atoms with E-state index in [9.17, 15) is 4.79 Å². The first-order valence-electron chi connectivity index (χ1n) is 5.87. The molecule has 0 aromatic carbocycles. The summed E-state index contributed by atoms with van der Waals surface area (Å²) in [5, 5.41) is 9.29. The molecular formula is C12H16N6O. The Morgan fingerprint density at radius 1 is 1.37 bits per heavy atom. The molecule has 1 atom stereocenters. The van der Waals surface area contributed by atoms with Crippen LogP contribution in [0.3, 0.4) is 0 Å². The molecule has 0 aliphatic heterocycles.